The van der Waals surface area contributed by atoms with Crippen LogP contribution in [0.4, 0.5) is 4.79 Å². The Hall–Kier alpha value is -2.61. The van der Waals surface area contributed by atoms with Gasteiger partial charge in [0.05, 0.1) is 13.7 Å². The van der Waals surface area contributed by atoms with Crippen molar-refractivity contribution in [3.05, 3.63) is 35.9 Å². The summed E-state index contributed by atoms with van der Waals surface area (Å²) in [5.41, 5.74) is 0.818. The summed E-state index contributed by atoms with van der Waals surface area (Å²) in [5.74, 6) is -1.58. The monoisotopic (exact) mass is 366 g/mol. The van der Waals surface area contributed by atoms with Crippen molar-refractivity contribution in [3.63, 3.8) is 0 Å². The van der Waals surface area contributed by atoms with Gasteiger partial charge in [-0.1, -0.05) is 50.6 Å². The first kappa shape index (κ1) is 21.4. The van der Waals surface area contributed by atoms with Crippen molar-refractivity contribution in [3.8, 4) is 0 Å². The van der Waals surface area contributed by atoms with Crippen molar-refractivity contribution in [1.29, 1.82) is 0 Å². The Kier molecular flexibility index (Phi) is 9.14. The maximum Gasteiger partial charge on any atom is 0.408 e. The fourth-order valence-electron chi connectivity index (χ4n) is 2.18. The average Bonchev–Trinajstić information content (AvgIpc) is 2.67. The Balaban J connectivity index is 2.68. The minimum absolute atomic E-state index is 0.0724. The zero-order valence-corrected chi connectivity index (χ0v) is 15.2. The second-order valence-corrected chi connectivity index (χ2v) is 5.84. The number of rotatable bonds is 9. The molecule has 0 aromatic heterocycles. The second-order valence-electron chi connectivity index (χ2n) is 5.84. The predicted octanol–water partition coefficient (Wildman–Crippen LogP) is 0.978. The van der Waals surface area contributed by atoms with E-state index in [-0.39, 0.29) is 12.5 Å². The van der Waals surface area contributed by atoms with Crippen LogP contribution in [0, 0.1) is 5.92 Å². The van der Waals surface area contributed by atoms with E-state index in [1.165, 1.54) is 0 Å². The van der Waals surface area contributed by atoms with Gasteiger partial charge >= 0.3 is 12.1 Å². The van der Waals surface area contributed by atoms with E-state index in [2.05, 4.69) is 15.4 Å². The van der Waals surface area contributed by atoms with Gasteiger partial charge in [0, 0.05) is 0 Å². The van der Waals surface area contributed by atoms with Crippen molar-refractivity contribution in [2.45, 2.75) is 39.0 Å². The number of ether oxygens (including phenoxy) is 2. The molecule has 3 atom stereocenters. The number of amides is 2. The van der Waals surface area contributed by atoms with Gasteiger partial charge in [-0.2, -0.15) is 0 Å². The Morgan fingerprint density at radius 3 is 2.35 bits per heavy atom. The van der Waals surface area contributed by atoms with Crippen LogP contribution < -0.4 is 10.6 Å². The molecule has 0 heterocycles. The van der Waals surface area contributed by atoms with Crippen LogP contribution in [-0.2, 0) is 25.7 Å². The first-order valence-electron chi connectivity index (χ1n) is 8.39. The summed E-state index contributed by atoms with van der Waals surface area (Å²) in [6.45, 7) is 3.12. The molecule has 0 bridgehead atoms. The number of nitrogens with one attached hydrogen (secondary N) is 2. The first-order chi connectivity index (χ1) is 12.4. The van der Waals surface area contributed by atoms with E-state index < -0.39 is 36.7 Å². The number of esters is 1. The predicted molar refractivity (Wildman–Crippen MR) is 94.0 cm³/mol. The van der Waals surface area contributed by atoms with Gasteiger partial charge in [-0.25, -0.2) is 9.59 Å². The summed E-state index contributed by atoms with van der Waals surface area (Å²) in [4.78, 5) is 36.0. The van der Waals surface area contributed by atoms with Crippen LogP contribution in [0.3, 0.4) is 0 Å². The number of hydrogen-bond donors (Lipinski definition) is 3. The van der Waals surface area contributed by atoms with Gasteiger partial charge in [0.1, 0.15) is 12.6 Å². The van der Waals surface area contributed by atoms with Gasteiger partial charge in [0.25, 0.3) is 0 Å². The summed E-state index contributed by atoms with van der Waals surface area (Å²) in [7, 11) is 1.16. The van der Waals surface area contributed by atoms with E-state index in [4.69, 9.17) is 4.74 Å². The van der Waals surface area contributed by atoms with Gasteiger partial charge in [-0.05, 0) is 11.5 Å². The minimum Gasteiger partial charge on any atom is -0.467 e. The SMILES string of the molecule is CCC(C)C(NC(=O)OCc1ccccc1)C(=O)NC(CO)C(=O)OC. The van der Waals surface area contributed by atoms with Gasteiger partial charge in [0.2, 0.25) is 5.91 Å². The lowest BCUT2D eigenvalue weighted by Crippen LogP contribution is -2.55. The van der Waals surface area contributed by atoms with Crippen LogP contribution in [0.15, 0.2) is 30.3 Å². The number of aliphatic hydroxyl groups excluding tert-OH is 1. The van der Waals surface area contributed by atoms with Crippen molar-refractivity contribution in [2.75, 3.05) is 13.7 Å². The van der Waals surface area contributed by atoms with Gasteiger partial charge in [-0.15, -0.1) is 0 Å². The maximum atomic E-state index is 12.4. The fourth-order valence-corrected chi connectivity index (χ4v) is 2.18. The molecular weight excluding hydrogens is 340 g/mol. The highest BCUT2D eigenvalue weighted by Crippen LogP contribution is 2.09. The zero-order chi connectivity index (χ0) is 19.5. The van der Waals surface area contributed by atoms with Crippen LogP contribution in [0.1, 0.15) is 25.8 Å². The summed E-state index contributed by atoms with van der Waals surface area (Å²) < 4.78 is 9.65. The molecule has 0 aliphatic carbocycles. The Morgan fingerprint density at radius 2 is 1.81 bits per heavy atom. The number of carbonyl (C=O) groups is 3. The average molecular weight is 366 g/mol. The van der Waals surface area contributed by atoms with E-state index in [1.807, 2.05) is 37.3 Å². The first-order valence-corrected chi connectivity index (χ1v) is 8.39. The molecule has 0 spiro atoms. The topological polar surface area (TPSA) is 114 Å². The largest absolute Gasteiger partial charge is 0.467 e. The second kappa shape index (κ2) is 11.1. The van der Waals surface area contributed by atoms with Crippen LogP contribution in [0.5, 0.6) is 0 Å². The van der Waals surface area contributed by atoms with E-state index in [1.54, 1.807) is 6.92 Å². The lowest BCUT2D eigenvalue weighted by molar-refractivity contribution is -0.146. The van der Waals surface area contributed by atoms with Crippen molar-refractivity contribution < 1.29 is 29.0 Å². The number of benzene rings is 1. The highest BCUT2D eigenvalue weighted by atomic mass is 16.5. The number of methoxy groups -OCH3 is 1. The molecule has 0 aliphatic rings. The quantitative estimate of drug-likeness (QED) is 0.561. The third-order valence-corrected chi connectivity index (χ3v) is 3.97. The third-order valence-electron chi connectivity index (χ3n) is 3.97. The van der Waals surface area contributed by atoms with Gasteiger partial charge in [0.15, 0.2) is 6.04 Å². The normalized spacial score (nSPS) is 13.8. The molecule has 144 valence electrons. The van der Waals surface area contributed by atoms with Crippen molar-refractivity contribution >= 4 is 18.0 Å². The molecule has 1 aromatic rings. The summed E-state index contributed by atoms with van der Waals surface area (Å²) >= 11 is 0. The molecule has 8 heteroatoms. The van der Waals surface area contributed by atoms with Crippen molar-refractivity contribution in [1.82, 2.24) is 10.6 Å². The fraction of sp³-hybridized carbons (Fsp3) is 0.500. The number of hydrogen-bond acceptors (Lipinski definition) is 6. The molecule has 0 saturated heterocycles. The Bertz CT molecular complexity index is 593. The Morgan fingerprint density at radius 1 is 1.15 bits per heavy atom. The molecule has 8 nitrogen and oxygen atoms in total. The Labute approximate surface area is 152 Å². The zero-order valence-electron chi connectivity index (χ0n) is 15.2. The third kappa shape index (κ3) is 6.72. The summed E-state index contributed by atoms with van der Waals surface area (Å²) in [6, 6.07) is 7.03. The molecule has 3 unspecified atom stereocenters. The molecule has 0 saturated carbocycles. The standard InChI is InChI=1S/C18H26N2O6/c1-4-12(2)15(16(22)19-14(10-21)17(23)25-3)20-18(24)26-11-13-8-6-5-7-9-13/h5-9,12,14-15,21H,4,10-11H2,1-3H3,(H,19,22)(H,20,24). The van der Waals surface area contributed by atoms with Gasteiger partial charge in [-0.3, -0.25) is 4.79 Å². The lowest BCUT2D eigenvalue weighted by Gasteiger charge is -2.25. The molecule has 0 radical (unpaired) electrons. The highest BCUT2D eigenvalue weighted by Gasteiger charge is 2.30. The smallest absolute Gasteiger partial charge is 0.408 e. The molecule has 0 aliphatic heterocycles. The van der Waals surface area contributed by atoms with E-state index in [0.29, 0.717) is 6.42 Å². The van der Waals surface area contributed by atoms with Crippen molar-refractivity contribution in [2.24, 2.45) is 5.92 Å². The summed E-state index contributed by atoms with van der Waals surface area (Å²) in [6.07, 6.45) is -0.132. The van der Waals surface area contributed by atoms with E-state index >= 15 is 0 Å². The summed E-state index contributed by atoms with van der Waals surface area (Å²) in [5, 5.41) is 14.1. The maximum absolute atomic E-state index is 12.4. The van der Waals surface area contributed by atoms with E-state index in [9.17, 15) is 19.5 Å². The van der Waals surface area contributed by atoms with Crippen LogP contribution >= 0.6 is 0 Å². The molecule has 2 amide bonds. The number of alkyl carbamates (subject to hydrolysis) is 1. The molecular formula is C18H26N2O6. The molecule has 1 rings (SSSR count). The van der Waals surface area contributed by atoms with Gasteiger partial charge < -0.3 is 25.2 Å². The lowest BCUT2D eigenvalue weighted by atomic mass is 9.98. The number of carbonyl (C=O) groups excluding carboxylic acids is 3. The van der Waals surface area contributed by atoms with Crippen LogP contribution in [0.25, 0.3) is 0 Å². The number of aliphatic hydroxyl groups is 1. The molecule has 0 fully saturated rings. The van der Waals surface area contributed by atoms with Crippen LogP contribution in [0.2, 0.25) is 0 Å². The highest BCUT2D eigenvalue weighted by molar-refractivity contribution is 5.89. The van der Waals surface area contributed by atoms with E-state index in [0.717, 1.165) is 12.7 Å². The molecule has 3 N–H and O–H groups in total. The minimum atomic E-state index is -1.19. The molecule has 26 heavy (non-hydrogen) atoms. The van der Waals surface area contributed by atoms with Crippen LogP contribution in [-0.4, -0.2) is 48.9 Å². The molecule has 1 aromatic carbocycles.